The van der Waals surface area contributed by atoms with Gasteiger partial charge in [-0.1, -0.05) is 29.8 Å². The maximum Gasteiger partial charge on any atom is 0.200 e. The molecule has 0 aromatic heterocycles. The van der Waals surface area contributed by atoms with Crippen LogP contribution in [0.4, 0.5) is 0 Å². The molecule has 0 fully saturated rings. The summed E-state index contributed by atoms with van der Waals surface area (Å²) in [5.41, 5.74) is 1.58. The standard InChI is InChI=1S/C15H16ClNO3/c1-9(10-2-5-12(16)6-3-10)17-8-11-4-7-13(18)15(20)14(11)19/h2-7,9,17-20H,8H2,1H3/t9-/m1/s1. The lowest BCUT2D eigenvalue weighted by molar-refractivity contribution is 0.363. The van der Waals surface area contributed by atoms with E-state index in [1.54, 1.807) is 6.07 Å². The molecule has 2 rings (SSSR count). The van der Waals surface area contributed by atoms with Gasteiger partial charge in [0.2, 0.25) is 5.75 Å². The van der Waals surface area contributed by atoms with Crippen LogP contribution in [0, 0.1) is 0 Å². The van der Waals surface area contributed by atoms with Crippen molar-refractivity contribution in [2.45, 2.75) is 19.5 Å². The first-order valence-electron chi connectivity index (χ1n) is 6.20. The number of rotatable bonds is 4. The van der Waals surface area contributed by atoms with Gasteiger partial charge in [0.1, 0.15) is 0 Å². The Morgan fingerprint density at radius 2 is 1.65 bits per heavy atom. The predicted octanol–water partition coefficient (Wildman–Crippen LogP) is 3.31. The van der Waals surface area contributed by atoms with Gasteiger partial charge in [-0.2, -0.15) is 0 Å². The Bertz CT molecular complexity index is 599. The molecule has 5 heteroatoms. The molecule has 20 heavy (non-hydrogen) atoms. The monoisotopic (exact) mass is 293 g/mol. The van der Waals surface area contributed by atoms with Gasteiger partial charge >= 0.3 is 0 Å². The molecule has 0 saturated heterocycles. The summed E-state index contributed by atoms with van der Waals surface area (Å²) >= 11 is 5.84. The number of phenolic OH excluding ortho intramolecular Hbond substituents is 3. The van der Waals surface area contributed by atoms with Gasteiger partial charge in [-0.25, -0.2) is 0 Å². The van der Waals surface area contributed by atoms with Crippen molar-refractivity contribution in [3.05, 3.63) is 52.5 Å². The first-order chi connectivity index (χ1) is 9.49. The van der Waals surface area contributed by atoms with E-state index < -0.39 is 5.75 Å². The minimum atomic E-state index is -0.497. The Morgan fingerprint density at radius 3 is 2.30 bits per heavy atom. The van der Waals surface area contributed by atoms with Gasteiger partial charge in [-0.3, -0.25) is 0 Å². The van der Waals surface area contributed by atoms with Crippen LogP contribution in [0.3, 0.4) is 0 Å². The minimum absolute atomic E-state index is 0.0580. The molecule has 0 unspecified atom stereocenters. The van der Waals surface area contributed by atoms with Gasteiger partial charge in [-0.05, 0) is 30.7 Å². The SMILES string of the molecule is C[C@@H](NCc1ccc(O)c(O)c1O)c1ccc(Cl)cc1. The van der Waals surface area contributed by atoms with Crippen LogP contribution in [0.5, 0.6) is 17.2 Å². The number of hydrogen-bond acceptors (Lipinski definition) is 4. The molecule has 0 radical (unpaired) electrons. The van der Waals surface area contributed by atoms with Crippen LogP contribution >= 0.6 is 11.6 Å². The van der Waals surface area contributed by atoms with Crippen LogP contribution in [0.15, 0.2) is 36.4 Å². The first-order valence-corrected chi connectivity index (χ1v) is 6.58. The van der Waals surface area contributed by atoms with Crippen molar-refractivity contribution in [1.29, 1.82) is 0 Å². The van der Waals surface area contributed by atoms with E-state index in [0.717, 1.165) is 5.56 Å². The summed E-state index contributed by atoms with van der Waals surface area (Å²) in [6, 6.07) is 10.5. The van der Waals surface area contributed by atoms with Crippen molar-refractivity contribution >= 4 is 11.6 Å². The van der Waals surface area contributed by atoms with E-state index in [9.17, 15) is 15.3 Å². The third-order valence-electron chi connectivity index (χ3n) is 3.18. The number of halogens is 1. The third-order valence-corrected chi connectivity index (χ3v) is 3.43. The average Bonchev–Trinajstić information content (AvgIpc) is 2.44. The van der Waals surface area contributed by atoms with Crippen LogP contribution in [0.1, 0.15) is 24.1 Å². The molecule has 4 N–H and O–H groups in total. The molecule has 1 atom stereocenters. The summed E-state index contributed by atoms with van der Waals surface area (Å²) in [5.74, 6) is -1.14. The average molecular weight is 294 g/mol. The van der Waals surface area contributed by atoms with Crippen molar-refractivity contribution < 1.29 is 15.3 Å². The van der Waals surface area contributed by atoms with Gasteiger partial charge in [-0.15, -0.1) is 0 Å². The molecule has 2 aromatic carbocycles. The summed E-state index contributed by atoms with van der Waals surface area (Å²) in [6.45, 7) is 2.35. The second kappa shape index (κ2) is 6.03. The van der Waals surface area contributed by atoms with Crippen molar-refractivity contribution in [3.8, 4) is 17.2 Å². The Labute approximate surface area is 122 Å². The molecule has 0 spiro atoms. The van der Waals surface area contributed by atoms with Crippen LogP contribution in [0.2, 0.25) is 5.02 Å². The molecule has 0 aliphatic carbocycles. The van der Waals surface area contributed by atoms with E-state index in [2.05, 4.69) is 5.32 Å². The molecule has 4 nitrogen and oxygen atoms in total. The zero-order valence-corrected chi connectivity index (χ0v) is 11.7. The zero-order chi connectivity index (χ0) is 14.7. The van der Waals surface area contributed by atoms with Crippen molar-refractivity contribution in [2.75, 3.05) is 0 Å². The molecule has 0 saturated carbocycles. The number of phenols is 3. The Kier molecular flexibility index (Phi) is 4.37. The highest BCUT2D eigenvalue weighted by molar-refractivity contribution is 6.30. The highest BCUT2D eigenvalue weighted by atomic mass is 35.5. The number of aromatic hydroxyl groups is 3. The predicted molar refractivity (Wildman–Crippen MR) is 78.1 cm³/mol. The quantitative estimate of drug-likeness (QED) is 0.653. The highest BCUT2D eigenvalue weighted by Gasteiger charge is 2.12. The summed E-state index contributed by atoms with van der Waals surface area (Å²) in [7, 11) is 0. The molecule has 0 bridgehead atoms. The normalized spacial score (nSPS) is 12.3. The third kappa shape index (κ3) is 3.15. The molecule has 106 valence electrons. The second-order valence-electron chi connectivity index (χ2n) is 4.60. The largest absolute Gasteiger partial charge is 0.504 e. The van der Waals surface area contributed by atoms with Crippen LogP contribution in [0.25, 0.3) is 0 Å². The smallest absolute Gasteiger partial charge is 0.200 e. The first kappa shape index (κ1) is 14.5. The second-order valence-corrected chi connectivity index (χ2v) is 5.03. The molecule has 2 aromatic rings. The van der Waals surface area contributed by atoms with Crippen LogP contribution in [-0.4, -0.2) is 15.3 Å². The van der Waals surface area contributed by atoms with Crippen LogP contribution in [-0.2, 0) is 6.54 Å². The van der Waals surface area contributed by atoms with Gasteiger partial charge in [0, 0.05) is 23.2 Å². The van der Waals surface area contributed by atoms with Gasteiger partial charge in [0.25, 0.3) is 0 Å². The van der Waals surface area contributed by atoms with E-state index in [0.29, 0.717) is 17.1 Å². The molecular formula is C15H16ClNO3. The Balaban J connectivity index is 2.05. The maximum absolute atomic E-state index is 9.73. The summed E-state index contributed by atoms with van der Waals surface area (Å²) < 4.78 is 0. The maximum atomic E-state index is 9.73. The minimum Gasteiger partial charge on any atom is -0.504 e. The van der Waals surface area contributed by atoms with Gasteiger partial charge in [0.15, 0.2) is 11.5 Å². The van der Waals surface area contributed by atoms with E-state index in [1.807, 2.05) is 31.2 Å². The van der Waals surface area contributed by atoms with E-state index in [-0.39, 0.29) is 17.5 Å². The van der Waals surface area contributed by atoms with E-state index in [1.165, 1.54) is 6.07 Å². The fraction of sp³-hybridized carbons (Fsp3) is 0.200. The summed E-state index contributed by atoms with van der Waals surface area (Å²) in [6.07, 6.45) is 0. The fourth-order valence-electron chi connectivity index (χ4n) is 1.89. The Hall–Kier alpha value is -1.91. The molecule has 0 aliphatic heterocycles. The topological polar surface area (TPSA) is 72.7 Å². The van der Waals surface area contributed by atoms with Gasteiger partial charge in [0.05, 0.1) is 0 Å². The summed E-state index contributed by atoms with van der Waals surface area (Å²) in [5, 5.41) is 32.4. The molecular weight excluding hydrogens is 278 g/mol. The number of hydrogen-bond donors (Lipinski definition) is 4. The lowest BCUT2D eigenvalue weighted by Crippen LogP contribution is -2.18. The summed E-state index contributed by atoms with van der Waals surface area (Å²) in [4.78, 5) is 0. The zero-order valence-electron chi connectivity index (χ0n) is 11.0. The van der Waals surface area contributed by atoms with E-state index >= 15 is 0 Å². The molecule has 0 aliphatic rings. The number of benzene rings is 2. The lowest BCUT2D eigenvalue weighted by atomic mass is 10.1. The van der Waals surface area contributed by atoms with E-state index in [4.69, 9.17) is 11.6 Å². The Morgan fingerprint density at radius 1 is 1.00 bits per heavy atom. The highest BCUT2D eigenvalue weighted by Crippen LogP contribution is 2.37. The van der Waals surface area contributed by atoms with Gasteiger partial charge < -0.3 is 20.6 Å². The van der Waals surface area contributed by atoms with Crippen molar-refractivity contribution in [1.82, 2.24) is 5.32 Å². The molecule has 0 amide bonds. The number of nitrogens with one attached hydrogen (secondary N) is 1. The lowest BCUT2D eigenvalue weighted by Gasteiger charge is -2.15. The fourth-order valence-corrected chi connectivity index (χ4v) is 2.01. The van der Waals surface area contributed by atoms with Crippen molar-refractivity contribution in [2.24, 2.45) is 0 Å². The van der Waals surface area contributed by atoms with Crippen molar-refractivity contribution in [3.63, 3.8) is 0 Å². The molecule has 0 heterocycles. The van der Waals surface area contributed by atoms with Crippen LogP contribution < -0.4 is 5.32 Å².